The van der Waals surface area contributed by atoms with Gasteiger partial charge >= 0.3 is 5.97 Å². The number of pyridine rings is 1. The number of carbonyl (C=O) groups excluding carboxylic acids is 1. The number of aliphatic carboxylic acids is 1. The molecule has 1 atom stereocenters. The van der Waals surface area contributed by atoms with Gasteiger partial charge < -0.3 is 19.9 Å². The Morgan fingerprint density at radius 3 is 2.42 bits per heavy atom. The summed E-state index contributed by atoms with van der Waals surface area (Å²) < 4.78 is 10.6. The summed E-state index contributed by atoms with van der Waals surface area (Å²) in [6.45, 7) is 5.23. The molecule has 0 fully saturated rings. The molecular formula is C19H22N2O5. The number of carboxylic acid groups (broad SMARTS) is 1. The van der Waals surface area contributed by atoms with Gasteiger partial charge in [0.15, 0.2) is 6.61 Å². The number of amides is 1. The number of hydrogen-bond acceptors (Lipinski definition) is 5. The van der Waals surface area contributed by atoms with E-state index in [9.17, 15) is 9.59 Å². The number of aromatic nitrogens is 1. The standard InChI is InChI=1S/C19H22N2O5/c1-12(2)26-17-6-4-5-16(21-17)19(24)20-13(3)14-7-9-15(10-8-14)25-11-18(22)23/h4-10,12-13H,11H2,1-3H3,(H,20,24)(H,22,23). The van der Waals surface area contributed by atoms with Gasteiger partial charge in [-0.15, -0.1) is 0 Å². The Morgan fingerprint density at radius 1 is 1.12 bits per heavy atom. The molecule has 138 valence electrons. The normalized spacial score (nSPS) is 11.7. The van der Waals surface area contributed by atoms with Crippen LogP contribution in [0.25, 0.3) is 0 Å². The predicted octanol–water partition coefficient (Wildman–Crippen LogP) is 2.82. The van der Waals surface area contributed by atoms with Crippen LogP contribution in [0, 0.1) is 0 Å². The summed E-state index contributed by atoms with van der Waals surface area (Å²) in [7, 11) is 0. The van der Waals surface area contributed by atoms with E-state index in [-0.39, 0.29) is 23.7 Å². The van der Waals surface area contributed by atoms with E-state index in [1.165, 1.54) is 0 Å². The molecule has 1 aromatic heterocycles. The van der Waals surface area contributed by atoms with Gasteiger partial charge in [-0.25, -0.2) is 9.78 Å². The fourth-order valence-electron chi connectivity index (χ4n) is 2.20. The second-order valence-corrected chi connectivity index (χ2v) is 5.97. The lowest BCUT2D eigenvalue weighted by molar-refractivity contribution is -0.139. The average Bonchev–Trinajstić information content (AvgIpc) is 2.60. The first-order valence-electron chi connectivity index (χ1n) is 8.24. The molecule has 2 aromatic rings. The van der Waals surface area contributed by atoms with Gasteiger partial charge in [0, 0.05) is 6.07 Å². The summed E-state index contributed by atoms with van der Waals surface area (Å²) in [6, 6.07) is 11.7. The van der Waals surface area contributed by atoms with Crippen molar-refractivity contribution in [3.63, 3.8) is 0 Å². The number of carboxylic acids is 1. The lowest BCUT2D eigenvalue weighted by atomic mass is 10.1. The summed E-state index contributed by atoms with van der Waals surface area (Å²) in [5, 5.41) is 11.5. The van der Waals surface area contributed by atoms with E-state index in [4.69, 9.17) is 14.6 Å². The Hall–Kier alpha value is -3.09. The van der Waals surface area contributed by atoms with Crippen molar-refractivity contribution in [3.8, 4) is 11.6 Å². The van der Waals surface area contributed by atoms with Crippen molar-refractivity contribution < 1.29 is 24.2 Å². The number of hydrogen-bond donors (Lipinski definition) is 2. The van der Waals surface area contributed by atoms with Gasteiger partial charge in [-0.2, -0.15) is 0 Å². The van der Waals surface area contributed by atoms with Crippen molar-refractivity contribution in [2.45, 2.75) is 32.9 Å². The molecule has 2 rings (SSSR count). The Kier molecular flexibility index (Phi) is 6.54. The Balaban J connectivity index is 1.99. The molecule has 0 spiro atoms. The molecule has 26 heavy (non-hydrogen) atoms. The predicted molar refractivity (Wildman–Crippen MR) is 95.5 cm³/mol. The smallest absolute Gasteiger partial charge is 0.341 e. The van der Waals surface area contributed by atoms with Gasteiger partial charge in [-0.3, -0.25) is 4.79 Å². The molecule has 0 bridgehead atoms. The third kappa shape index (κ3) is 5.77. The maximum Gasteiger partial charge on any atom is 0.341 e. The van der Waals surface area contributed by atoms with Crippen molar-refractivity contribution in [3.05, 3.63) is 53.7 Å². The second kappa shape index (κ2) is 8.84. The van der Waals surface area contributed by atoms with Crippen LogP contribution in [0.3, 0.4) is 0 Å². The van der Waals surface area contributed by atoms with Crippen LogP contribution in [0.5, 0.6) is 11.6 Å². The highest BCUT2D eigenvalue weighted by Gasteiger charge is 2.14. The molecule has 1 unspecified atom stereocenters. The molecule has 1 aromatic carbocycles. The van der Waals surface area contributed by atoms with Crippen LogP contribution < -0.4 is 14.8 Å². The van der Waals surface area contributed by atoms with E-state index in [1.54, 1.807) is 42.5 Å². The first-order valence-corrected chi connectivity index (χ1v) is 8.24. The Bertz CT molecular complexity index is 759. The molecule has 0 aliphatic carbocycles. The third-order valence-electron chi connectivity index (χ3n) is 3.40. The summed E-state index contributed by atoms with van der Waals surface area (Å²) in [6.07, 6.45) is -0.0263. The molecule has 0 radical (unpaired) electrons. The molecule has 0 aliphatic heterocycles. The Labute approximate surface area is 152 Å². The number of nitrogens with zero attached hydrogens (tertiary/aromatic N) is 1. The highest BCUT2D eigenvalue weighted by atomic mass is 16.5. The first kappa shape index (κ1) is 19.2. The largest absolute Gasteiger partial charge is 0.482 e. The van der Waals surface area contributed by atoms with Crippen molar-refractivity contribution >= 4 is 11.9 Å². The minimum atomic E-state index is -1.04. The van der Waals surface area contributed by atoms with Crippen LogP contribution in [0.15, 0.2) is 42.5 Å². The monoisotopic (exact) mass is 358 g/mol. The van der Waals surface area contributed by atoms with Crippen LogP contribution in [0.1, 0.15) is 42.9 Å². The molecule has 0 saturated carbocycles. The molecule has 7 heteroatoms. The van der Waals surface area contributed by atoms with Crippen molar-refractivity contribution in [1.29, 1.82) is 0 Å². The van der Waals surface area contributed by atoms with Crippen molar-refractivity contribution in [2.24, 2.45) is 0 Å². The van der Waals surface area contributed by atoms with E-state index in [0.29, 0.717) is 11.6 Å². The van der Waals surface area contributed by atoms with Crippen molar-refractivity contribution in [2.75, 3.05) is 6.61 Å². The van der Waals surface area contributed by atoms with E-state index >= 15 is 0 Å². The van der Waals surface area contributed by atoms with Gasteiger partial charge in [-0.1, -0.05) is 18.2 Å². The van der Waals surface area contributed by atoms with Gasteiger partial charge in [0.05, 0.1) is 12.1 Å². The zero-order chi connectivity index (χ0) is 19.1. The fraction of sp³-hybridized carbons (Fsp3) is 0.316. The van der Waals surface area contributed by atoms with Gasteiger partial charge in [0.1, 0.15) is 11.4 Å². The highest BCUT2D eigenvalue weighted by Crippen LogP contribution is 2.18. The lowest BCUT2D eigenvalue weighted by Gasteiger charge is -2.15. The molecule has 7 nitrogen and oxygen atoms in total. The fourth-order valence-corrected chi connectivity index (χ4v) is 2.20. The number of nitrogens with one attached hydrogen (secondary N) is 1. The summed E-state index contributed by atoms with van der Waals surface area (Å²) >= 11 is 0. The highest BCUT2D eigenvalue weighted by molar-refractivity contribution is 5.92. The van der Waals surface area contributed by atoms with E-state index in [0.717, 1.165) is 5.56 Å². The van der Waals surface area contributed by atoms with E-state index < -0.39 is 12.6 Å². The molecule has 0 saturated heterocycles. The third-order valence-corrected chi connectivity index (χ3v) is 3.40. The zero-order valence-corrected chi connectivity index (χ0v) is 14.9. The van der Waals surface area contributed by atoms with Gasteiger partial charge in [0.25, 0.3) is 5.91 Å². The Morgan fingerprint density at radius 2 is 1.81 bits per heavy atom. The number of rotatable bonds is 8. The van der Waals surface area contributed by atoms with E-state index in [1.807, 2.05) is 20.8 Å². The number of carbonyl (C=O) groups is 2. The van der Waals surface area contributed by atoms with Crippen LogP contribution in [0.2, 0.25) is 0 Å². The average molecular weight is 358 g/mol. The van der Waals surface area contributed by atoms with Crippen LogP contribution in [-0.2, 0) is 4.79 Å². The molecular weight excluding hydrogens is 336 g/mol. The van der Waals surface area contributed by atoms with Crippen LogP contribution in [-0.4, -0.2) is 34.7 Å². The summed E-state index contributed by atoms with van der Waals surface area (Å²) in [4.78, 5) is 27.1. The minimum Gasteiger partial charge on any atom is -0.482 e. The lowest BCUT2D eigenvalue weighted by Crippen LogP contribution is -2.27. The maximum atomic E-state index is 12.4. The first-order chi connectivity index (χ1) is 12.3. The summed E-state index contributed by atoms with van der Waals surface area (Å²) in [5.41, 5.74) is 1.13. The van der Waals surface area contributed by atoms with Gasteiger partial charge in [-0.05, 0) is 44.5 Å². The van der Waals surface area contributed by atoms with Crippen molar-refractivity contribution in [1.82, 2.24) is 10.3 Å². The minimum absolute atomic E-state index is 0.0263. The number of benzene rings is 1. The second-order valence-electron chi connectivity index (χ2n) is 5.97. The zero-order valence-electron chi connectivity index (χ0n) is 14.9. The molecule has 1 heterocycles. The number of ether oxygens (including phenoxy) is 2. The maximum absolute atomic E-state index is 12.4. The quantitative estimate of drug-likeness (QED) is 0.753. The molecule has 0 aliphatic rings. The molecule has 1 amide bonds. The van der Waals surface area contributed by atoms with Crippen LogP contribution in [0.4, 0.5) is 0 Å². The van der Waals surface area contributed by atoms with Gasteiger partial charge in [0.2, 0.25) is 5.88 Å². The summed E-state index contributed by atoms with van der Waals surface area (Å²) in [5.74, 6) is -0.487. The van der Waals surface area contributed by atoms with Crippen LogP contribution >= 0.6 is 0 Å². The topological polar surface area (TPSA) is 97.8 Å². The molecule has 2 N–H and O–H groups in total. The SMILES string of the molecule is CC(C)Oc1cccc(C(=O)NC(C)c2ccc(OCC(=O)O)cc2)n1. The van der Waals surface area contributed by atoms with E-state index in [2.05, 4.69) is 10.3 Å².